The zero-order valence-corrected chi connectivity index (χ0v) is 8.37. The number of hydrogen-bond acceptors (Lipinski definition) is 2. The van der Waals surface area contributed by atoms with E-state index >= 15 is 0 Å². The predicted molar refractivity (Wildman–Crippen MR) is 58.4 cm³/mol. The lowest BCUT2D eigenvalue weighted by Crippen LogP contribution is -1.86. The molecule has 1 aromatic heterocycles. The molecule has 1 aromatic carbocycles. The maximum Gasteiger partial charge on any atom is 0.134 e. The molecule has 1 N–H and O–H groups in total. The number of anilines is 1. The molecule has 0 aliphatic rings. The van der Waals surface area contributed by atoms with Gasteiger partial charge in [-0.2, -0.15) is 0 Å². The first kappa shape index (κ1) is 8.88. The van der Waals surface area contributed by atoms with Crippen LogP contribution in [0.3, 0.4) is 0 Å². The minimum atomic E-state index is 0.916. The summed E-state index contributed by atoms with van der Waals surface area (Å²) in [6.07, 6.45) is 0. The van der Waals surface area contributed by atoms with Crippen LogP contribution in [0.1, 0.15) is 5.76 Å². The van der Waals surface area contributed by atoms with Crippen molar-refractivity contribution < 1.29 is 4.42 Å². The highest BCUT2D eigenvalue weighted by Gasteiger charge is 2.02. The molecule has 2 rings (SSSR count). The third kappa shape index (κ3) is 1.64. The van der Waals surface area contributed by atoms with Crippen molar-refractivity contribution >= 4 is 5.69 Å². The summed E-state index contributed by atoms with van der Waals surface area (Å²) in [5, 5.41) is 3.10. The Hall–Kier alpha value is -1.70. The molecule has 0 bridgehead atoms. The highest BCUT2D eigenvalue weighted by molar-refractivity contribution is 5.63. The number of nitrogens with one attached hydrogen (secondary N) is 1. The highest BCUT2D eigenvalue weighted by Crippen LogP contribution is 2.24. The summed E-state index contributed by atoms with van der Waals surface area (Å²) in [5.41, 5.74) is 2.20. The average molecular weight is 187 g/mol. The van der Waals surface area contributed by atoms with E-state index in [1.165, 1.54) is 0 Å². The molecule has 0 unspecified atom stereocenters. The average Bonchev–Trinajstić information content (AvgIpc) is 2.65. The molecule has 0 radical (unpaired) electrons. The predicted octanol–water partition coefficient (Wildman–Crippen LogP) is 3.30. The van der Waals surface area contributed by atoms with Crippen molar-refractivity contribution in [3.05, 3.63) is 42.2 Å². The van der Waals surface area contributed by atoms with Gasteiger partial charge in [0.15, 0.2) is 0 Å². The van der Waals surface area contributed by atoms with E-state index in [0.29, 0.717) is 0 Å². The number of benzene rings is 1. The van der Waals surface area contributed by atoms with Gasteiger partial charge in [-0.1, -0.05) is 12.1 Å². The van der Waals surface area contributed by atoms with E-state index in [4.69, 9.17) is 4.42 Å². The molecule has 1 heterocycles. The number of furan rings is 1. The highest BCUT2D eigenvalue weighted by atomic mass is 16.3. The fraction of sp³-hybridized carbons (Fsp3) is 0.167. The molecule has 0 aliphatic heterocycles. The zero-order valence-electron chi connectivity index (χ0n) is 8.37. The molecule has 0 spiro atoms. The lowest BCUT2D eigenvalue weighted by atomic mass is 10.1. The summed E-state index contributed by atoms with van der Waals surface area (Å²) in [6.45, 7) is 1.95. The zero-order chi connectivity index (χ0) is 9.97. The third-order valence-corrected chi connectivity index (χ3v) is 2.18. The fourth-order valence-electron chi connectivity index (χ4n) is 1.42. The van der Waals surface area contributed by atoms with Gasteiger partial charge in [0.25, 0.3) is 0 Å². The van der Waals surface area contributed by atoms with Gasteiger partial charge in [0, 0.05) is 18.3 Å². The van der Waals surface area contributed by atoms with E-state index < -0.39 is 0 Å². The number of aryl methyl sites for hydroxylation is 1. The van der Waals surface area contributed by atoms with Gasteiger partial charge in [0.05, 0.1) is 0 Å². The van der Waals surface area contributed by atoms with Crippen LogP contribution in [0.4, 0.5) is 5.69 Å². The smallest absolute Gasteiger partial charge is 0.134 e. The van der Waals surface area contributed by atoms with E-state index in [0.717, 1.165) is 22.8 Å². The molecule has 0 atom stereocenters. The molecular weight excluding hydrogens is 174 g/mol. The lowest BCUT2D eigenvalue weighted by Gasteiger charge is -2.01. The van der Waals surface area contributed by atoms with Crippen LogP contribution in [-0.2, 0) is 0 Å². The number of rotatable bonds is 2. The largest absolute Gasteiger partial charge is 0.461 e. The summed E-state index contributed by atoms with van der Waals surface area (Å²) in [6, 6.07) is 12.1. The SMILES string of the molecule is CNc1cccc(-c2ccc(C)o2)c1. The topological polar surface area (TPSA) is 25.2 Å². The van der Waals surface area contributed by atoms with Crippen molar-refractivity contribution in [2.24, 2.45) is 0 Å². The van der Waals surface area contributed by atoms with Crippen molar-refractivity contribution in [1.82, 2.24) is 0 Å². The molecule has 2 aromatic rings. The molecule has 0 saturated carbocycles. The van der Waals surface area contributed by atoms with Crippen molar-refractivity contribution in [2.45, 2.75) is 6.92 Å². The first-order valence-electron chi connectivity index (χ1n) is 4.64. The fourth-order valence-corrected chi connectivity index (χ4v) is 1.42. The number of hydrogen-bond donors (Lipinski definition) is 1. The molecule has 14 heavy (non-hydrogen) atoms. The van der Waals surface area contributed by atoms with Gasteiger partial charge < -0.3 is 9.73 Å². The molecule has 0 saturated heterocycles. The van der Waals surface area contributed by atoms with Crippen molar-refractivity contribution in [3.63, 3.8) is 0 Å². The van der Waals surface area contributed by atoms with Crippen LogP contribution in [0.25, 0.3) is 11.3 Å². The second-order valence-corrected chi connectivity index (χ2v) is 3.24. The Labute approximate surface area is 83.6 Å². The van der Waals surface area contributed by atoms with Crippen molar-refractivity contribution in [1.29, 1.82) is 0 Å². The van der Waals surface area contributed by atoms with Crippen LogP contribution in [0.15, 0.2) is 40.8 Å². The monoisotopic (exact) mass is 187 g/mol. The van der Waals surface area contributed by atoms with Gasteiger partial charge >= 0.3 is 0 Å². The maximum atomic E-state index is 5.54. The molecule has 72 valence electrons. The van der Waals surface area contributed by atoms with Crippen LogP contribution >= 0.6 is 0 Å². The Morgan fingerprint density at radius 2 is 2.00 bits per heavy atom. The molecule has 0 amide bonds. The van der Waals surface area contributed by atoms with Crippen LogP contribution in [0.5, 0.6) is 0 Å². The van der Waals surface area contributed by atoms with E-state index in [2.05, 4.69) is 11.4 Å². The molecule has 0 aliphatic carbocycles. The summed E-state index contributed by atoms with van der Waals surface area (Å²) in [5.74, 6) is 1.86. The normalized spacial score (nSPS) is 10.1. The summed E-state index contributed by atoms with van der Waals surface area (Å²) < 4.78 is 5.54. The summed E-state index contributed by atoms with van der Waals surface area (Å²) >= 11 is 0. The van der Waals surface area contributed by atoms with Gasteiger partial charge in [0.1, 0.15) is 11.5 Å². The van der Waals surface area contributed by atoms with E-state index in [9.17, 15) is 0 Å². The Morgan fingerprint density at radius 3 is 2.64 bits per heavy atom. The van der Waals surface area contributed by atoms with Crippen LogP contribution in [-0.4, -0.2) is 7.05 Å². The van der Waals surface area contributed by atoms with E-state index in [1.54, 1.807) is 0 Å². The summed E-state index contributed by atoms with van der Waals surface area (Å²) in [7, 11) is 1.91. The second kappa shape index (κ2) is 3.58. The Balaban J connectivity index is 2.41. The maximum absolute atomic E-state index is 5.54. The molecule has 2 nitrogen and oxygen atoms in total. The second-order valence-electron chi connectivity index (χ2n) is 3.24. The minimum absolute atomic E-state index is 0.916. The molecular formula is C12H13NO. The van der Waals surface area contributed by atoms with Gasteiger partial charge in [-0.25, -0.2) is 0 Å². The minimum Gasteiger partial charge on any atom is -0.461 e. The van der Waals surface area contributed by atoms with Gasteiger partial charge in [0.2, 0.25) is 0 Å². The first-order chi connectivity index (χ1) is 6.79. The van der Waals surface area contributed by atoms with E-state index in [-0.39, 0.29) is 0 Å². The Bertz CT molecular complexity index is 431. The molecule has 2 heteroatoms. The van der Waals surface area contributed by atoms with Crippen LogP contribution < -0.4 is 5.32 Å². The lowest BCUT2D eigenvalue weighted by molar-refractivity contribution is 0.548. The Kier molecular flexibility index (Phi) is 2.27. The van der Waals surface area contributed by atoms with Crippen molar-refractivity contribution in [2.75, 3.05) is 12.4 Å². The van der Waals surface area contributed by atoms with Crippen molar-refractivity contribution in [3.8, 4) is 11.3 Å². The van der Waals surface area contributed by atoms with Gasteiger partial charge in [-0.3, -0.25) is 0 Å². The standard InChI is InChI=1S/C12H13NO/c1-9-6-7-12(14-9)10-4-3-5-11(8-10)13-2/h3-8,13H,1-2H3. The summed E-state index contributed by atoms with van der Waals surface area (Å²) in [4.78, 5) is 0. The molecule has 0 fully saturated rings. The van der Waals surface area contributed by atoms with Gasteiger partial charge in [-0.05, 0) is 31.2 Å². The van der Waals surface area contributed by atoms with Gasteiger partial charge in [-0.15, -0.1) is 0 Å². The van der Waals surface area contributed by atoms with Crippen LogP contribution in [0, 0.1) is 6.92 Å². The van der Waals surface area contributed by atoms with Crippen LogP contribution in [0.2, 0.25) is 0 Å². The first-order valence-corrected chi connectivity index (χ1v) is 4.64. The quantitative estimate of drug-likeness (QED) is 0.780. The van der Waals surface area contributed by atoms with E-state index in [1.807, 2.05) is 44.3 Å². The third-order valence-electron chi connectivity index (χ3n) is 2.18. The Morgan fingerprint density at radius 1 is 1.14 bits per heavy atom.